The molecule has 6 nitrogen and oxygen atoms in total. The summed E-state index contributed by atoms with van der Waals surface area (Å²) in [6.07, 6.45) is -1.09. The molecule has 0 aliphatic carbocycles. The minimum Gasteiger partial charge on any atom is -0.443 e. The molecule has 2 amide bonds. The number of nitrogens with zero attached hydrogens (tertiary/aromatic N) is 1. The first-order chi connectivity index (χ1) is 11.7. The average molecular weight is 384 g/mol. The summed E-state index contributed by atoms with van der Waals surface area (Å²) < 4.78 is 10.7. The van der Waals surface area contributed by atoms with Gasteiger partial charge in [0.1, 0.15) is 17.5 Å². The van der Waals surface area contributed by atoms with Gasteiger partial charge in [0.05, 0.1) is 6.04 Å². The maximum absolute atomic E-state index is 12.7. The van der Waals surface area contributed by atoms with Crippen molar-refractivity contribution < 1.29 is 23.9 Å². The third kappa shape index (κ3) is 6.33. The number of carbonyl (C=O) groups is 3. The molecule has 0 heterocycles. The SMILES string of the molecule is C[C@H](c1cc(Cl)ccc1C=O)N(C(=O)OC(C)(C)C)C(=O)OC(C)(C)C. The van der Waals surface area contributed by atoms with E-state index in [1.807, 2.05) is 0 Å². The van der Waals surface area contributed by atoms with Crippen molar-refractivity contribution in [1.29, 1.82) is 0 Å². The van der Waals surface area contributed by atoms with Crippen LogP contribution in [0.3, 0.4) is 0 Å². The highest BCUT2D eigenvalue weighted by atomic mass is 35.5. The van der Waals surface area contributed by atoms with Crippen LogP contribution in [0.1, 0.15) is 70.4 Å². The molecule has 0 aliphatic heterocycles. The van der Waals surface area contributed by atoms with E-state index in [-0.39, 0.29) is 0 Å². The minimum absolute atomic E-state index is 0.319. The fourth-order valence-corrected chi connectivity index (χ4v) is 2.35. The molecule has 1 rings (SSSR count). The third-order valence-electron chi connectivity index (χ3n) is 3.19. The van der Waals surface area contributed by atoms with E-state index in [2.05, 4.69) is 0 Å². The lowest BCUT2D eigenvalue weighted by Gasteiger charge is -2.32. The quantitative estimate of drug-likeness (QED) is 0.654. The van der Waals surface area contributed by atoms with Crippen LogP contribution in [-0.2, 0) is 9.47 Å². The summed E-state index contributed by atoms with van der Waals surface area (Å²) in [5.41, 5.74) is -0.874. The Bertz CT molecular complexity index is 660. The molecule has 7 heteroatoms. The predicted octanol–water partition coefficient (Wildman–Crippen LogP) is 5.39. The predicted molar refractivity (Wildman–Crippen MR) is 99.6 cm³/mol. The van der Waals surface area contributed by atoms with Crippen LogP contribution >= 0.6 is 11.6 Å². The number of benzene rings is 1. The number of amides is 2. The number of imide groups is 1. The minimum atomic E-state index is -0.865. The second-order valence-corrected chi connectivity index (χ2v) is 8.33. The first kappa shape index (κ1) is 22.0. The second-order valence-electron chi connectivity index (χ2n) is 7.90. The Morgan fingerprint density at radius 1 is 1.04 bits per heavy atom. The summed E-state index contributed by atoms with van der Waals surface area (Å²) in [5, 5.41) is 0.380. The summed E-state index contributed by atoms with van der Waals surface area (Å²) >= 11 is 6.03. The molecule has 0 radical (unpaired) electrons. The molecule has 0 N–H and O–H groups in total. The average Bonchev–Trinajstić information content (AvgIpc) is 2.43. The van der Waals surface area contributed by atoms with Crippen LogP contribution in [0.5, 0.6) is 0 Å². The first-order valence-electron chi connectivity index (χ1n) is 8.25. The van der Waals surface area contributed by atoms with Crippen molar-refractivity contribution in [3.8, 4) is 0 Å². The van der Waals surface area contributed by atoms with Crippen molar-refractivity contribution in [3.05, 3.63) is 34.3 Å². The summed E-state index contributed by atoms with van der Waals surface area (Å²) in [6.45, 7) is 11.8. The smallest absolute Gasteiger partial charge is 0.420 e. The van der Waals surface area contributed by atoms with Gasteiger partial charge in [-0.2, -0.15) is 0 Å². The Labute approximate surface area is 159 Å². The van der Waals surface area contributed by atoms with Crippen molar-refractivity contribution in [2.24, 2.45) is 0 Å². The summed E-state index contributed by atoms with van der Waals surface area (Å²) in [5.74, 6) is 0. The standard InChI is InChI=1S/C19H26ClNO5/c1-12(15-10-14(20)9-8-13(15)11-22)21(16(23)25-18(2,3)4)17(24)26-19(5,6)7/h8-12H,1-7H3/t12-/m1/s1. The van der Waals surface area contributed by atoms with E-state index in [0.29, 0.717) is 22.4 Å². The zero-order valence-corrected chi connectivity index (χ0v) is 17.0. The van der Waals surface area contributed by atoms with Gasteiger partial charge >= 0.3 is 12.2 Å². The third-order valence-corrected chi connectivity index (χ3v) is 3.43. The lowest BCUT2D eigenvalue weighted by Crippen LogP contribution is -2.45. The lowest BCUT2D eigenvalue weighted by molar-refractivity contribution is -0.00617. The number of aldehydes is 1. The van der Waals surface area contributed by atoms with Crippen LogP contribution in [0.25, 0.3) is 0 Å². The van der Waals surface area contributed by atoms with Gasteiger partial charge < -0.3 is 9.47 Å². The molecule has 0 unspecified atom stereocenters. The van der Waals surface area contributed by atoms with Crippen LogP contribution in [0.2, 0.25) is 5.02 Å². The molecular weight excluding hydrogens is 358 g/mol. The zero-order valence-electron chi connectivity index (χ0n) is 16.3. The molecule has 1 atom stereocenters. The van der Waals surface area contributed by atoms with E-state index in [1.54, 1.807) is 54.5 Å². The van der Waals surface area contributed by atoms with E-state index in [4.69, 9.17) is 21.1 Å². The highest BCUT2D eigenvalue weighted by Gasteiger charge is 2.36. The van der Waals surface area contributed by atoms with Gasteiger partial charge in [0.2, 0.25) is 0 Å². The second kappa shape index (κ2) is 8.08. The Balaban J connectivity index is 3.35. The van der Waals surface area contributed by atoms with E-state index >= 15 is 0 Å². The molecule has 0 aromatic heterocycles. The monoisotopic (exact) mass is 383 g/mol. The topological polar surface area (TPSA) is 72.9 Å². The van der Waals surface area contributed by atoms with Crippen LogP contribution in [0.15, 0.2) is 18.2 Å². The van der Waals surface area contributed by atoms with Crippen molar-refractivity contribution in [2.75, 3.05) is 0 Å². The van der Waals surface area contributed by atoms with Gasteiger partial charge in [-0.25, -0.2) is 14.5 Å². The maximum atomic E-state index is 12.7. The fraction of sp³-hybridized carbons (Fsp3) is 0.526. The number of carbonyl (C=O) groups excluding carboxylic acids is 3. The number of halogens is 1. The molecule has 1 aromatic carbocycles. The molecular formula is C19H26ClNO5. The van der Waals surface area contributed by atoms with Gasteiger partial charge in [-0.15, -0.1) is 0 Å². The molecule has 0 spiro atoms. The summed E-state index contributed by atoms with van der Waals surface area (Å²) in [6, 6.07) is 3.81. The Morgan fingerprint density at radius 2 is 1.50 bits per heavy atom. The van der Waals surface area contributed by atoms with E-state index in [1.165, 1.54) is 12.1 Å². The van der Waals surface area contributed by atoms with Gasteiger partial charge in [-0.3, -0.25) is 4.79 Å². The van der Waals surface area contributed by atoms with Gasteiger partial charge in [0.15, 0.2) is 0 Å². The van der Waals surface area contributed by atoms with Gasteiger partial charge in [0, 0.05) is 10.6 Å². The molecule has 1 aromatic rings. The fourth-order valence-electron chi connectivity index (χ4n) is 2.17. The number of hydrogen-bond acceptors (Lipinski definition) is 5. The van der Waals surface area contributed by atoms with Crippen LogP contribution in [-0.4, -0.2) is 34.6 Å². The summed E-state index contributed by atoms with van der Waals surface area (Å²) in [4.78, 5) is 37.6. The molecule has 0 aliphatic rings. The largest absolute Gasteiger partial charge is 0.443 e. The Kier molecular flexibility index (Phi) is 6.82. The summed E-state index contributed by atoms with van der Waals surface area (Å²) in [7, 11) is 0. The molecule has 26 heavy (non-hydrogen) atoms. The number of ether oxygens (including phenoxy) is 2. The maximum Gasteiger partial charge on any atom is 0.420 e. The van der Waals surface area contributed by atoms with Crippen molar-refractivity contribution in [1.82, 2.24) is 4.90 Å². The number of rotatable bonds is 3. The normalized spacial score (nSPS) is 12.9. The van der Waals surface area contributed by atoms with Gasteiger partial charge in [0.25, 0.3) is 0 Å². The number of hydrogen-bond donors (Lipinski definition) is 0. The van der Waals surface area contributed by atoms with E-state index in [9.17, 15) is 14.4 Å². The highest BCUT2D eigenvalue weighted by Crippen LogP contribution is 2.29. The first-order valence-corrected chi connectivity index (χ1v) is 8.63. The molecule has 0 saturated carbocycles. The Morgan fingerprint density at radius 3 is 1.88 bits per heavy atom. The van der Waals surface area contributed by atoms with Gasteiger partial charge in [-0.1, -0.05) is 11.6 Å². The molecule has 0 bridgehead atoms. The molecule has 0 fully saturated rings. The highest BCUT2D eigenvalue weighted by molar-refractivity contribution is 6.30. The molecule has 144 valence electrons. The Hall–Kier alpha value is -2.08. The molecule has 0 saturated heterocycles. The van der Waals surface area contributed by atoms with Crippen LogP contribution in [0.4, 0.5) is 9.59 Å². The zero-order chi connectivity index (χ0) is 20.3. The van der Waals surface area contributed by atoms with Gasteiger partial charge in [-0.05, 0) is 72.2 Å². The lowest BCUT2D eigenvalue weighted by atomic mass is 10.0. The van der Waals surface area contributed by atoms with E-state index < -0.39 is 29.4 Å². The van der Waals surface area contributed by atoms with E-state index in [0.717, 1.165) is 4.90 Å². The van der Waals surface area contributed by atoms with Crippen LogP contribution < -0.4 is 0 Å². The van der Waals surface area contributed by atoms with Crippen molar-refractivity contribution >= 4 is 30.1 Å². The van der Waals surface area contributed by atoms with Crippen molar-refractivity contribution in [3.63, 3.8) is 0 Å². The van der Waals surface area contributed by atoms with Crippen LogP contribution in [0, 0.1) is 0 Å². The van der Waals surface area contributed by atoms with Crippen molar-refractivity contribution in [2.45, 2.75) is 65.7 Å².